The third-order valence-corrected chi connectivity index (χ3v) is 6.07. The van der Waals surface area contributed by atoms with Crippen LogP contribution >= 0.6 is 12.2 Å². The van der Waals surface area contributed by atoms with E-state index >= 15 is 0 Å². The van der Waals surface area contributed by atoms with E-state index in [0.717, 1.165) is 37.9 Å². The van der Waals surface area contributed by atoms with Crippen LogP contribution in [0.25, 0.3) is 11.2 Å². The number of fused-ring (bicyclic) bond motifs is 2. The molecule has 0 amide bonds. The fourth-order valence-electron chi connectivity index (χ4n) is 4.02. The highest BCUT2D eigenvalue weighted by atomic mass is 32.1. The lowest BCUT2D eigenvalue weighted by Gasteiger charge is -2.19. The van der Waals surface area contributed by atoms with Crippen molar-refractivity contribution in [3.8, 4) is 0 Å². The minimum Gasteiger partial charge on any atom is -0.338 e. The van der Waals surface area contributed by atoms with Crippen LogP contribution in [0.2, 0.25) is 0 Å². The van der Waals surface area contributed by atoms with Crippen molar-refractivity contribution < 1.29 is 0 Å². The summed E-state index contributed by atoms with van der Waals surface area (Å²) in [5, 5.41) is 0.361. The second kappa shape index (κ2) is 10.4. The number of aromatic amines is 3. The molecule has 0 bridgehead atoms. The van der Waals surface area contributed by atoms with Gasteiger partial charge in [-0.15, -0.1) is 0 Å². The third-order valence-electron chi connectivity index (χ3n) is 5.76. The van der Waals surface area contributed by atoms with Crippen LogP contribution < -0.4 is 27.8 Å². The lowest BCUT2D eigenvalue weighted by atomic mass is 10.0. The zero-order valence-corrected chi connectivity index (χ0v) is 21.1. The van der Waals surface area contributed by atoms with Crippen molar-refractivity contribution in [3.05, 3.63) is 52.6 Å². The second-order valence-electron chi connectivity index (χ2n) is 8.13. The van der Waals surface area contributed by atoms with Gasteiger partial charge in [0.15, 0.2) is 22.2 Å². The molecule has 0 saturated carbocycles. The number of aromatic nitrogens is 6. The molecule has 0 fully saturated rings. The average Bonchev–Trinajstić information content (AvgIpc) is 3.40. The Morgan fingerprint density at radius 3 is 2.26 bits per heavy atom. The maximum Gasteiger partial charge on any atom is 0.332 e. The van der Waals surface area contributed by atoms with E-state index in [1.807, 2.05) is 20.8 Å². The maximum atomic E-state index is 12.5. The van der Waals surface area contributed by atoms with Crippen LogP contribution in [0.5, 0.6) is 0 Å². The van der Waals surface area contributed by atoms with E-state index < -0.39 is 5.66 Å². The summed E-state index contributed by atoms with van der Waals surface area (Å²) < 4.78 is 3.26. The number of nitrogens with zero attached hydrogens (tertiary/aromatic N) is 5. The molecule has 0 radical (unpaired) electrons. The van der Waals surface area contributed by atoms with Gasteiger partial charge in [-0.05, 0) is 26.2 Å². The lowest BCUT2D eigenvalue weighted by molar-refractivity contribution is 0.390. The smallest absolute Gasteiger partial charge is 0.332 e. The number of rotatable bonds is 7. The Hall–Kier alpha value is -3.15. The minimum absolute atomic E-state index is 0.273. The van der Waals surface area contributed by atoms with Crippen LogP contribution in [0, 0.1) is 4.64 Å². The summed E-state index contributed by atoms with van der Waals surface area (Å²) in [6.45, 7) is 10.8. The standard InChI is InChI=1S/C15H24N4O2.C7H8N4OS/c1-5-9-15(7-3)16-11-12(17-15)19(10-6-2)14(21)18(8-4)13(11)20;1-2-3-8-4-5(9-3)10-7(12)11-6(4)13/h5-10H2,1-4H3;2H2,1H3,(H3,8,9,10,11,12,13). The Labute approximate surface area is 200 Å². The molecule has 0 aliphatic carbocycles. The zero-order valence-electron chi connectivity index (χ0n) is 20.3. The Bertz CT molecular complexity index is 1540. The van der Waals surface area contributed by atoms with Gasteiger partial charge in [-0.2, -0.15) is 0 Å². The molecule has 1 aliphatic heterocycles. The van der Waals surface area contributed by atoms with Crippen molar-refractivity contribution >= 4 is 23.4 Å². The van der Waals surface area contributed by atoms with Gasteiger partial charge >= 0.3 is 11.4 Å². The maximum absolute atomic E-state index is 12.5. The summed E-state index contributed by atoms with van der Waals surface area (Å²) >= 11 is 4.96. The van der Waals surface area contributed by atoms with Gasteiger partial charge in [0.2, 0.25) is 0 Å². The normalized spacial score (nSPS) is 16.5. The first-order chi connectivity index (χ1) is 16.2. The summed E-state index contributed by atoms with van der Waals surface area (Å²) in [7, 11) is 0. The summed E-state index contributed by atoms with van der Waals surface area (Å²) in [4.78, 5) is 57.4. The van der Waals surface area contributed by atoms with Gasteiger partial charge in [0.25, 0.3) is 5.56 Å². The van der Waals surface area contributed by atoms with Crippen molar-refractivity contribution in [1.82, 2.24) is 29.1 Å². The number of hydrogen-bond donors (Lipinski definition) is 3. The van der Waals surface area contributed by atoms with E-state index in [9.17, 15) is 14.4 Å². The van der Waals surface area contributed by atoms with Crippen LogP contribution in [0.3, 0.4) is 0 Å². The van der Waals surface area contributed by atoms with Crippen molar-refractivity contribution in [2.75, 3.05) is 0 Å². The first kappa shape index (κ1) is 25.5. The quantitative estimate of drug-likeness (QED) is 0.431. The molecular formula is C22H32N8O3S. The van der Waals surface area contributed by atoms with E-state index in [1.165, 1.54) is 4.57 Å². The van der Waals surface area contributed by atoms with Crippen LogP contribution in [-0.4, -0.2) is 34.7 Å². The molecule has 4 heterocycles. The predicted molar refractivity (Wildman–Crippen MR) is 132 cm³/mol. The number of imidazole rings is 1. The fraction of sp³-hybridized carbons (Fsp3) is 0.591. The molecule has 3 N–H and O–H groups in total. The molecule has 1 atom stereocenters. The van der Waals surface area contributed by atoms with Gasteiger partial charge in [-0.1, -0.05) is 46.3 Å². The summed E-state index contributed by atoms with van der Waals surface area (Å²) in [6, 6.07) is 0. The van der Waals surface area contributed by atoms with Gasteiger partial charge in [-0.25, -0.2) is 24.6 Å². The van der Waals surface area contributed by atoms with Gasteiger partial charge in [0.05, 0.1) is 0 Å². The SMILES string of the molecule is CCCn1c2c(c(=O)n(CC)c1=O)=NC(CC)(CCC)N=2.CCc1nc2[nH]c(=O)[nH]c(=S)c2[nH]1. The molecule has 12 heteroatoms. The van der Waals surface area contributed by atoms with E-state index in [4.69, 9.17) is 12.2 Å². The van der Waals surface area contributed by atoms with Gasteiger partial charge in [0.1, 0.15) is 16.0 Å². The first-order valence-electron chi connectivity index (χ1n) is 11.8. The number of hydrogen-bond acceptors (Lipinski definition) is 7. The average molecular weight is 489 g/mol. The second-order valence-corrected chi connectivity index (χ2v) is 8.54. The van der Waals surface area contributed by atoms with E-state index in [2.05, 4.69) is 36.8 Å². The van der Waals surface area contributed by atoms with Crippen molar-refractivity contribution in [1.29, 1.82) is 0 Å². The largest absolute Gasteiger partial charge is 0.338 e. The highest BCUT2D eigenvalue weighted by molar-refractivity contribution is 7.71. The topological polar surface area (TPSA) is 146 Å². The van der Waals surface area contributed by atoms with E-state index in [0.29, 0.717) is 39.7 Å². The number of H-pyrrole nitrogens is 3. The van der Waals surface area contributed by atoms with Crippen molar-refractivity contribution in [2.24, 2.45) is 9.98 Å². The fourth-order valence-corrected chi connectivity index (χ4v) is 4.26. The van der Waals surface area contributed by atoms with E-state index in [1.54, 1.807) is 11.5 Å². The Kier molecular flexibility index (Phi) is 7.80. The molecule has 11 nitrogen and oxygen atoms in total. The monoisotopic (exact) mass is 488 g/mol. The Morgan fingerprint density at radius 1 is 0.941 bits per heavy atom. The molecule has 4 rings (SSSR count). The summed E-state index contributed by atoms with van der Waals surface area (Å²) in [5.74, 6) is 0.816. The first-order valence-corrected chi connectivity index (χ1v) is 12.2. The Morgan fingerprint density at radius 2 is 1.68 bits per heavy atom. The number of nitrogens with one attached hydrogen (secondary N) is 3. The van der Waals surface area contributed by atoms with Gasteiger partial charge in [0, 0.05) is 19.5 Å². The molecule has 0 saturated heterocycles. The summed E-state index contributed by atoms with van der Waals surface area (Å²) in [6.07, 6.45) is 4.07. The highest BCUT2D eigenvalue weighted by Gasteiger charge is 2.31. The van der Waals surface area contributed by atoms with Crippen LogP contribution in [0.15, 0.2) is 24.4 Å². The van der Waals surface area contributed by atoms with Crippen LogP contribution in [0.4, 0.5) is 0 Å². The van der Waals surface area contributed by atoms with Gasteiger partial charge in [-0.3, -0.25) is 23.9 Å². The molecular weight excluding hydrogens is 456 g/mol. The Balaban J connectivity index is 0.000000212. The molecule has 0 aromatic carbocycles. The van der Waals surface area contributed by atoms with Crippen molar-refractivity contribution in [2.45, 2.75) is 85.5 Å². The van der Waals surface area contributed by atoms with Crippen molar-refractivity contribution in [3.63, 3.8) is 0 Å². The van der Waals surface area contributed by atoms with Crippen LogP contribution in [-0.2, 0) is 19.5 Å². The molecule has 1 unspecified atom stereocenters. The molecule has 184 valence electrons. The zero-order chi connectivity index (χ0) is 25.0. The molecule has 3 aromatic rings. The molecule has 0 spiro atoms. The minimum atomic E-state index is -0.564. The third kappa shape index (κ3) is 4.72. The molecule has 34 heavy (non-hydrogen) atoms. The summed E-state index contributed by atoms with van der Waals surface area (Å²) in [5.41, 5.74) is 0.214. The van der Waals surface area contributed by atoms with Crippen LogP contribution in [0.1, 0.15) is 66.1 Å². The van der Waals surface area contributed by atoms with Gasteiger partial charge < -0.3 is 4.98 Å². The number of aryl methyl sites for hydroxylation is 1. The predicted octanol–water partition coefficient (Wildman–Crippen LogP) is 1.47. The molecule has 3 aromatic heterocycles. The highest BCUT2D eigenvalue weighted by Crippen LogP contribution is 2.24. The van der Waals surface area contributed by atoms with E-state index in [-0.39, 0.29) is 16.9 Å². The molecule has 1 aliphatic rings. The lowest BCUT2D eigenvalue weighted by Crippen LogP contribution is -2.57.